The molecule has 0 fully saturated rings. The van der Waals surface area contributed by atoms with E-state index in [1.54, 1.807) is 11.8 Å². The minimum atomic E-state index is -0.139. The van der Waals surface area contributed by atoms with Gasteiger partial charge in [0, 0.05) is 16.6 Å². The van der Waals surface area contributed by atoms with Crippen molar-refractivity contribution in [2.24, 2.45) is 5.92 Å². The Balaban J connectivity index is 2.43. The lowest BCUT2D eigenvalue weighted by Crippen LogP contribution is -2.36. The standard InChI is InChI=1S/C14H22N2OS/c1-10(2)9-11(3)15-14(17)16-12-5-7-13(18-4)8-6-12/h5-8,10-11H,9H2,1-4H3,(H2,15,16,17). The Morgan fingerprint density at radius 3 is 2.33 bits per heavy atom. The molecule has 4 heteroatoms. The van der Waals surface area contributed by atoms with Gasteiger partial charge in [-0.05, 0) is 49.8 Å². The summed E-state index contributed by atoms with van der Waals surface area (Å²) in [6.07, 6.45) is 3.02. The van der Waals surface area contributed by atoms with E-state index in [0.29, 0.717) is 5.92 Å². The number of hydrogen-bond donors (Lipinski definition) is 2. The van der Waals surface area contributed by atoms with Gasteiger partial charge in [0.15, 0.2) is 0 Å². The monoisotopic (exact) mass is 266 g/mol. The fraction of sp³-hybridized carbons (Fsp3) is 0.500. The molecule has 0 spiro atoms. The molecule has 1 aromatic rings. The molecule has 100 valence electrons. The first-order valence-corrected chi connectivity index (χ1v) is 7.45. The lowest BCUT2D eigenvalue weighted by molar-refractivity contribution is 0.247. The van der Waals surface area contributed by atoms with Crippen LogP contribution in [0.15, 0.2) is 29.2 Å². The van der Waals surface area contributed by atoms with E-state index < -0.39 is 0 Å². The van der Waals surface area contributed by atoms with Gasteiger partial charge in [-0.1, -0.05) is 13.8 Å². The van der Waals surface area contributed by atoms with Crippen LogP contribution in [-0.4, -0.2) is 18.3 Å². The molecular formula is C14H22N2OS. The summed E-state index contributed by atoms with van der Waals surface area (Å²) in [6.45, 7) is 6.32. The minimum absolute atomic E-state index is 0.139. The van der Waals surface area contributed by atoms with Gasteiger partial charge in [-0.15, -0.1) is 11.8 Å². The van der Waals surface area contributed by atoms with E-state index in [4.69, 9.17) is 0 Å². The summed E-state index contributed by atoms with van der Waals surface area (Å²) < 4.78 is 0. The topological polar surface area (TPSA) is 41.1 Å². The molecule has 0 saturated carbocycles. The van der Waals surface area contributed by atoms with Crippen LogP contribution in [0.2, 0.25) is 0 Å². The molecule has 2 N–H and O–H groups in total. The Morgan fingerprint density at radius 1 is 1.22 bits per heavy atom. The van der Waals surface area contributed by atoms with E-state index in [1.165, 1.54) is 4.90 Å². The molecule has 1 unspecified atom stereocenters. The molecule has 0 radical (unpaired) electrons. The molecule has 0 aliphatic carbocycles. The van der Waals surface area contributed by atoms with Crippen LogP contribution >= 0.6 is 11.8 Å². The van der Waals surface area contributed by atoms with Gasteiger partial charge in [0.05, 0.1) is 0 Å². The van der Waals surface area contributed by atoms with Crippen LogP contribution in [0, 0.1) is 5.92 Å². The number of carbonyl (C=O) groups excluding carboxylic acids is 1. The van der Waals surface area contributed by atoms with Gasteiger partial charge in [0.1, 0.15) is 0 Å². The quantitative estimate of drug-likeness (QED) is 0.792. The highest BCUT2D eigenvalue weighted by Gasteiger charge is 2.08. The van der Waals surface area contributed by atoms with Gasteiger partial charge in [-0.2, -0.15) is 0 Å². The second-order valence-electron chi connectivity index (χ2n) is 4.86. The third-order valence-corrected chi connectivity index (χ3v) is 3.29. The van der Waals surface area contributed by atoms with Crippen LogP contribution in [-0.2, 0) is 0 Å². The zero-order valence-corrected chi connectivity index (χ0v) is 12.3. The first kappa shape index (κ1) is 14.9. The number of carbonyl (C=O) groups is 1. The van der Waals surface area contributed by atoms with Crippen LogP contribution in [0.25, 0.3) is 0 Å². The Hall–Kier alpha value is -1.16. The van der Waals surface area contributed by atoms with Gasteiger partial charge >= 0.3 is 6.03 Å². The van der Waals surface area contributed by atoms with Crippen LogP contribution in [0.1, 0.15) is 27.2 Å². The molecule has 3 nitrogen and oxygen atoms in total. The van der Waals surface area contributed by atoms with Crippen molar-refractivity contribution < 1.29 is 4.79 Å². The number of anilines is 1. The van der Waals surface area contributed by atoms with Crippen LogP contribution in [0.3, 0.4) is 0 Å². The summed E-state index contributed by atoms with van der Waals surface area (Å²) >= 11 is 1.69. The molecule has 0 aliphatic rings. The molecule has 0 saturated heterocycles. The molecule has 18 heavy (non-hydrogen) atoms. The van der Waals surface area contributed by atoms with Crippen molar-refractivity contribution in [3.63, 3.8) is 0 Å². The Kier molecular flexibility index (Phi) is 6.05. The molecule has 0 bridgehead atoms. The molecule has 2 amide bonds. The number of nitrogens with one attached hydrogen (secondary N) is 2. The van der Waals surface area contributed by atoms with E-state index in [-0.39, 0.29) is 12.1 Å². The maximum Gasteiger partial charge on any atom is 0.319 e. The van der Waals surface area contributed by atoms with Crippen molar-refractivity contribution >= 4 is 23.5 Å². The van der Waals surface area contributed by atoms with E-state index in [2.05, 4.69) is 24.5 Å². The number of urea groups is 1. The van der Waals surface area contributed by atoms with E-state index in [0.717, 1.165) is 12.1 Å². The first-order chi connectivity index (χ1) is 8.51. The summed E-state index contributed by atoms with van der Waals surface area (Å²) in [5, 5.41) is 5.77. The zero-order chi connectivity index (χ0) is 13.5. The maximum absolute atomic E-state index is 11.7. The van der Waals surface area contributed by atoms with Crippen LogP contribution in [0.5, 0.6) is 0 Å². The van der Waals surface area contributed by atoms with Gasteiger partial charge in [0.25, 0.3) is 0 Å². The Morgan fingerprint density at radius 2 is 1.83 bits per heavy atom. The summed E-state index contributed by atoms with van der Waals surface area (Å²) in [6, 6.07) is 7.88. The summed E-state index contributed by atoms with van der Waals surface area (Å²) in [4.78, 5) is 12.9. The van der Waals surface area contributed by atoms with Crippen LogP contribution in [0.4, 0.5) is 10.5 Å². The SMILES string of the molecule is CSc1ccc(NC(=O)NC(C)CC(C)C)cc1. The average molecular weight is 266 g/mol. The van der Waals surface area contributed by atoms with Crippen molar-refractivity contribution in [2.75, 3.05) is 11.6 Å². The van der Waals surface area contributed by atoms with E-state index >= 15 is 0 Å². The van der Waals surface area contributed by atoms with Gasteiger partial charge < -0.3 is 10.6 Å². The normalized spacial score (nSPS) is 12.3. The zero-order valence-electron chi connectivity index (χ0n) is 11.5. The van der Waals surface area contributed by atoms with Gasteiger partial charge in [-0.25, -0.2) is 4.79 Å². The third-order valence-electron chi connectivity index (χ3n) is 2.55. The highest BCUT2D eigenvalue weighted by atomic mass is 32.2. The molecular weight excluding hydrogens is 244 g/mol. The summed E-state index contributed by atoms with van der Waals surface area (Å²) in [7, 11) is 0. The van der Waals surface area contributed by atoms with Crippen molar-refractivity contribution in [2.45, 2.75) is 38.1 Å². The second-order valence-corrected chi connectivity index (χ2v) is 5.74. The van der Waals surface area contributed by atoms with E-state index in [1.807, 2.05) is 37.4 Å². The van der Waals surface area contributed by atoms with Crippen molar-refractivity contribution in [1.82, 2.24) is 5.32 Å². The van der Waals surface area contributed by atoms with Crippen molar-refractivity contribution in [1.29, 1.82) is 0 Å². The highest BCUT2D eigenvalue weighted by molar-refractivity contribution is 7.98. The molecule has 0 aliphatic heterocycles. The molecule has 0 aromatic heterocycles. The fourth-order valence-electron chi connectivity index (χ4n) is 1.83. The van der Waals surface area contributed by atoms with Gasteiger partial charge in [-0.3, -0.25) is 0 Å². The number of amides is 2. The lowest BCUT2D eigenvalue weighted by Gasteiger charge is -2.16. The van der Waals surface area contributed by atoms with Crippen LogP contribution < -0.4 is 10.6 Å². The van der Waals surface area contributed by atoms with Crippen molar-refractivity contribution in [3.8, 4) is 0 Å². The molecule has 1 rings (SSSR count). The molecule has 0 heterocycles. The number of benzene rings is 1. The maximum atomic E-state index is 11.7. The summed E-state index contributed by atoms with van der Waals surface area (Å²) in [5.74, 6) is 0.584. The minimum Gasteiger partial charge on any atom is -0.335 e. The Bertz CT molecular complexity index is 376. The van der Waals surface area contributed by atoms with Crippen molar-refractivity contribution in [3.05, 3.63) is 24.3 Å². The number of hydrogen-bond acceptors (Lipinski definition) is 2. The first-order valence-electron chi connectivity index (χ1n) is 6.23. The lowest BCUT2D eigenvalue weighted by atomic mass is 10.1. The van der Waals surface area contributed by atoms with E-state index in [9.17, 15) is 4.79 Å². The highest BCUT2D eigenvalue weighted by Crippen LogP contribution is 2.17. The Labute approximate surface area is 114 Å². The average Bonchev–Trinajstić information content (AvgIpc) is 2.28. The van der Waals surface area contributed by atoms with Gasteiger partial charge in [0.2, 0.25) is 0 Å². The predicted octanol–water partition coefficient (Wildman–Crippen LogP) is 3.96. The number of thioether (sulfide) groups is 1. The molecule has 1 atom stereocenters. The second kappa shape index (κ2) is 7.31. The number of rotatable bonds is 5. The third kappa shape index (κ3) is 5.45. The smallest absolute Gasteiger partial charge is 0.319 e. The predicted molar refractivity (Wildman–Crippen MR) is 79.3 cm³/mol. The summed E-state index contributed by atoms with van der Waals surface area (Å²) in [5.41, 5.74) is 0.821. The fourth-order valence-corrected chi connectivity index (χ4v) is 2.24. The largest absolute Gasteiger partial charge is 0.335 e. The molecule has 1 aromatic carbocycles.